The minimum atomic E-state index is -2.08. The lowest BCUT2D eigenvalue weighted by Crippen LogP contribution is -2.47. The van der Waals surface area contributed by atoms with E-state index in [0.29, 0.717) is 0 Å². The molecule has 0 fully saturated rings. The Labute approximate surface area is 159 Å². The number of nitrogens with two attached hydrogens (primary N) is 1. The zero-order chi connectivity index (χ0) is 20.5. The van der Waals surface area contributed by atoms with E-state index in [9.17, 15) is 23.1 Å². The van der Waals surface area contributed by atoms with Gasteiger partial charge in [-0.3, -0.25) is 4.79 Å². The third kappa shape index (κ3) is 3.26. The summed E-state index contributed by atoms with van der Waals surface area (Å²) in [5.74, 6) is -3.81. The van der Waals surface area contributed by atoms with Crippen LogP contribution in [-0.4, -0.2) is 44.1 Å². The molecule has 2 atom stereocenters. The number of halogens is 3. The monoisotopic (exact) mass is 396 g/mol. The second kappa shape index (κ2) is 7.88. The average Bonchev–Trinajstić information content (AvgIpc) is 2.89. The first-order valence-corrected chi connectivity index (χ1v) is 8.46. The molecule has 0 aliphatic carbocycles. The number of fused-ring (bicyclic) bond motifs is 1. The number of carbonyl (C=O) groups is 1. The quantitative estimate of drug-likeness (QED) is 0.549. The summed E-state index contributed by atoms with van der Waals surface area (Å²) in [7, 11) is 1.41. The van der Waals surface area contributed by atoms with Crippen molar-refractivity contribution in [2.24, 2.45) is 5.73 Å². The number of nitrogens with zero attached hydrogens (tertiary/aromatic N) is 1. The number of aliphatic hydroxyl groups is 1. The molecule has 2 aromatic carbocycles. The number of anilines is 1. The third-order valence-corrected chi connectivity index (χ3v) is 4.49. The van der Waals surface area contributed by atoms with Crippen LogP contribution in [0.1, 0.15) is 11.1 Å². The van der Waals surface area contributed by atoms with Gasteiger partial charge in [0, 0.05) is 7.11 Å². The van der Waals surface area contributed by atoms with Crippen molar-refractivity contribution in [3.05, 3.63) is 65.0 Å². The van der Waals surface area contributed by atoms with E-state index >= 15 is 0 Å². The van der Waals surface area contributed by atoms with Gasteiger partial charge in [-0.25, -0.2) is 13.2 Å². The van der Waals surface area contributed by atoms with E-state index in [4.69, 9.17) is 15.2 Å². The first-order valence-electron chi connectivity index (χ1n) is 8.46. The molecule has 1 aliphatic rings. The molecule has 9 heteroatoms. The van der Waals surface area contributed by atoms with E-state index in [-0.39, 0.29) is 36.6 Å². The summed E-state index contributed by atoms with van der Waals surface area (Å²) >= 11 is 0. The highest BCUT2D eigenvalue weighted by Crippen LogP contribution is 2.48. The Balaban J connectivity index is 2.27. The van der Waals surface area contributed by atoms with Gasteiger partial charge < -0.3 is 25.2 Å². The van der Waals surface area contributed by atoms with E-state index < -0.39 is 35.2 Å². The highest BCUT2D eigenvalue weighted by Gasteiger charge is 2.56. The minimum Gasteiger partial charge on any atom is -0.382 e. The van der Waals surface area contributed by atoms with Gasteiger partial charge in [-0.1, -0.05) is 12.1 Å². The van der Waals surface area contributed by atoms with Gasteiger partial charge in [0.1, 0.15) is 12.0 Å². The molecule has 6 nitrogen and oxygen atoms in total. The van der Waals surface area contributed by atoms with Crippen molar-refractivity contribution in [1.82, 2.24) is 0 Å². The Hall–Kier alpha value is -2.46. The first-order chi connectivity index (χ1) is 13.3. The van der Waals surface area contributed by atoms with Crippen LogP contribution >= 0.6 is 0 Å². The van der Waals surface area contributed by atoms with Crippen LogP contribution in [0.2, 0.25) is 0 Å². The molecule has 0 bridgehead atoms. The number of hydrogen-bond donors (Lipinski definition) is 2. The lowest BCUT2D eigenvalue weighted by atomic mass is 9.86. The first kappa shape index (κ1) is 20.3. The van der Waals surface area contributed by atoms with Crippen LogP contribution in [0.5, 0.6) is 0 Å². The zero-order valence-electron chi connectivity index (χ0n) is 15.0. The second-order valence-electron chi connectivity index (χ2n) is 6.27. The number of rotatable bonds is 7. The minimum absolute atomic E-state index is 0.00939. The molecule has 1 amide bonds. The Morgan fingerprint density at radius 2 is 1.82 bits per heavy atom. The number of hydrogen-bond acceptors (Lipinski definition) is 5. The molecule has 0 spiro atoms. The fourth-order valence-electron chi connectivity index (χ4n) is 3.32. The maximum absolute atomic E-state index is 14.9. The van der Waals surface area contributed by atoms with E-state index in [2.05, 4.69) is 0 Å². The molecule has 0 saturated heterocycles. The van der Waals surface area contributed by atoms with Gasteiger partial charge in [-0.2, -0.15) is 0 Å². The van der Waals surface area contributed by atoms with E-state index in [0.717, 1.165) is 23.1 Å². The predicted octanol–water partition coefficient (Wildman–Crippen LogP) is 1.63. The highest BCUT2D eigenvalue weighted by molar-refractivity contribution is 6.09. The van der Waals surface area contributed by atoms with Crippen molar-refractivity contribution < 1.29 is 32.5 Å². The highest BCUT2D eigenvalue weighted by atomic mass is 19.2. The summed E-state index contributed by atoms with van der Waals surface area (Å²) in [5, 5.41) is 9.58. The SMILES string of the molecule is COCCO[C@]1(c2ccc(F)cc2)C(=O)N(CC(N)O)c2ccc(F)c(F)c21. The fraction of sp³-hybridized carbons (Fsp3) is 0.316. The summed E-state index contributed by atoms with van der Waals surface area (Å²) in [6.45, 7) is -0.427. The zero-order valence-corrected chi connectivity index (χ0v) is 15.0. The molecule has 3 rings (SSSR count). The van der Waals surface area contributed by atoms with Crippen molar-refractivity contribution in [1.29, 1.82) is 0 Å². The van der Waals surface area contributed by atoms with Crippen molar-refractivity contribution in [2.45, 2.75) is 11.8 Å². The molecule has 0 saturated carbocycles. The van der Waals surface area contributed by atoms with Crippen molar-refractivity contribution in [2.75, 3.05) is 31.8 Å². The van der Waals surface area contributed by atoms with Crippen LogP contribution in [0.15, 0.2) is 36.4 Å². The normalized spacial score (nSPS) is 19.8. The lowest BCUT2D eigenvalue weighted by molar-refractivity contribution is -0.140. The molecule has 0 aromatic heterocycles. The maximum atomic E-state index is 14.9. The number of ether oxygens (including phenoxy) is 2. The van der Waals surface area contributed by atoms with Crippen LogP contribution in [0.25, 0.3) is 0 Å². The summed E-state index contributed by atoms with van der Waals surface area (Å²) < 4.78 is 53.2. The van der Waals surface area contributed by atoms with E-state index in [1.165, 1.54) is 25.3 Å². The number of carbonyl (C=O) groups excluding carboxylic acids is 1. The van der Waals surface area contributed by atoms with Crippen LogP contribution in [0, 0.1) is 17.5 Å². The Morgan fingerprint density at radius 1 is 1.14 bits per heavy atom. The molecule has 1 aliphatic heterocycles. The lowest BCUT2D eigenvalue weighted by Gasteiger charge is -2.30. The molecule has 150 valence electrons. The maximum Gasteiger partial charge on any atom is 0.268 e. The summed E-state index contributed by atoms with van der Waals surface area (Å²) in [6.07, 6.45) is -1.42. The van der Waals surface area contributed by atoms with Crippen molar-refractivity contribution >= 4 is 11.6 Å². The molecule has 1 heterocycles. The van der Waals surface area contributed by atoms with Gasteiger partial charge in [0.2, 0.25) is 5.60 Å². The van der Waals surface area contributed by atoms with Gasteiger partial charge in [0.15, 0.2) is 11.6 Å². The molecule has 1 unspecified atom stereocenters. The number of methoxy groups -OCH3 is 1. The Bertz CT molecular complexity index is 876. The van der Waals surface area contributed by atoms with Crippen LogP contribution in [0.3, 0.4) is 0 Å². The van der Waals surface area contributed by atoms with Gasteiger partial charge in [0.25, 0.3) is 5.91 Å². The number of aliphatic hydroxyl groups excluding tert-OH is 1. The van der Waals surface area contributed by atoms with Gasteiger partial charge >= 0.3 is 0 Å². The fourth-order valence-corrected chi connectivity index (χ4v) is 3.32. The van der Waals surface area contributed by atoms with E-state index in [1.807, 2.05) is 0 Å². The van der Waals surface area contributed by atoms with Crippen LogP contribution in [0.4, 0.5) is 18.9 Å². The van der Waals surface area contributed by atoms with Gasteiger partial charge in [-0.05, 0) is 29.8 Å². The van der Waals surface area contributed by atoms with Crippen molar-refractivity contribution in [3.63, 3.8) is 0 Å². The molecule has 2 aromatic rings. The Morgan fingerprint density at radius 3 is 2.43 bits per heavy atom. The van der Waals surface area contributed by atoms with E-state index in [1.54, 1.807) is 0 Å². The Kier molecular flexibility index (Phi) is 5.71. The van der Waals surface area contributed by atoms with Crippen LogP contribution in [-0.2, 0) is 19.9 Å². The molecule has 3 N–H and O–H groups in total. The molecular weight excluding hydrogens is 377 g/mol. The van der Waals surface area contributed by atoms with Crippen LogP contribution < -0.4 is 10.6 Å². The summed E-state index contributed by atoms with van der Waals surface area (Å²) in [5.41, 5.74) is 3.09. The largest absolute Gasteiger partial charge is 0.382 e. The van der Waals surface area contributed by atoms with Gasteiger partial charge in [-0.15, -0.1) is 0 Å². The third-order valence-electron chi connectivity index (χ3n) is 4.49. The number of benzene rings is 2. The standard InChI is InChI=1S/C19H19F3N2O4/c1-27-8-9-28-19(11-2-4-12(20)5-3-11)16-14(7-6-13(21)17(16)22)24(18(19)26)10-15(23)25/h2-7,15,25H,8-10,23H2,1H3/t15?,19-/m0/s1. The molecular formula is C19H19F3N2O4. The smallest absolute Gasteiger partial charge is 0.268 e. The molecule has 0 radical (unpaired) electrons. The number of β-amino-alcohol motifs (C(OH)–C–C–N with tert-alkyl or cyclic N) is 1. The molecule has 28 heavy (non-hydrogen) atoms. The predicted molar refractivity (Wildman–Crippen MR) is 93.9 cm³/mol. The second-order valence-corrected chi connectivity index (χ2v) is 6.27. The van der Waals surface area contributed by atoms with Crippen molar-refractivity contribution in [3.8, 4) is 0 Å². The topological polar surface area (TPSA) is 85.0 Å². The average molecular weight is 396 g/mol. The van der Waals surface area contributed by atoms with Gasteiger partial charge in [0.05, 0.1) is 31.0 Å². The summed E-state index contributed by atoms with van der Waals surface area (Å²) in [4.78, 5) is 14.4. The summed E-state index contributed by atoms with van der Waals surface area (Å²) in [6, 6.07) is 6.77. The number of amides is 1.